The average Bonchev–Trinajstić information content (AvgIpc) is 3.35. The Morgan fingerprint density at radius 2 is 0.638 bits per heavy atom. The quantitative estimate of drug-likeness (QED) is 0.0420. The third-order valence-electron chi connectivity index (χ3n) is 14.0. The highest BCUT2D eigenvalue weighted by Gasteiger charge is 2.20. The maximum atomic E-state index is 12.5. The first kappa shape index (κ1) is 66.8. The maximum Gasteiger partial charge on any atom is 0.220 e. The Bertz CT molecular complexity index is 1180. The van der Waals surface area contributed by atoms with Crippen LogP contribution in [-0.4, -0.2) is 34.9 Å². The summed E-state index contributed by atoms with van der Waals surface area (Å²) in [5.41, 5.74) is 0. The van der Waals surface area contributed by atoms with Crippen LogP contribution >= 0.6 is 0 Å². The van der Waals surface area contributed by atoms with Gasteiger partial charge in [-0.25, -0.2) is 0 Å². The van der Waals surface area contributed by atoms with Gasteiger partial charge in [0.2, 0.25) is 5.91 Å². The van der Waals surface area contributed by atoms with Crippen LogP contribution in [0.3, 0.4) is 0 Å². The summed E-state index contributed by atoms with van der Waals surface area (Å²) in [6.07, 6.45) is 86.3. The third kappa shape index (κ3) is 56.6. The molecule has 0 saturated carbocycles. The van der Waals surface area contributed by atoms with Gasteiger partial charge in [0.1, 0.15) is 0 Å². The highest BCUT2D eigenvalue weighted by atomic mass is 16.3. The molecule has 0 spiro atoms. The normalized spacial score (nSPS) is 13.3. The summed E-state index contributed by atoms with van der Waals surface area (Å²) in [7, 11) is 0. The summed E-state index contributed by atoms with van der Waals surface area (Å²) in [5, 5.41) is 23.4. The lowest BCUT2D eigenvalue weighted by atomic mass is 10.0. The van der Waals surface area contributed by atoms with Crippen molar-refractivity contribution in [1.82, 2.24) is 5.32 Å². The molecule has 1 amide bonds. The minimum absolute atomic E-state index is 0.0272. The first-order chi connectivity index (χ1) is 34.2. The van der Waals surface area contributed by atoms with E-state index in [-0.39, 0.29) is 12.5 Å². The minimum atomic E-state index is -0.660. The maximum absolute atomic E-state index is 12.5. The summed E-state index contributed by atoms with van der Waals surface area (Å²) in [5.74, 6) is -0.0272. The SMILES string of the molecule is CC/C=C\C/C=C\C/C=C\C/C=C\C/C=C\C/C=C\CCCCCCCCCCCCCCCCCCCCCCC(=O)NC(CO)C(O)CCCCCCCCCCCCCCCCCCCC. The molecule has 0 rings (SSSR count). The van der Waals surface area contributed by atoms with E-state index in [1.807, 2.05) is 0 Å². The number of nitrogens with one attached hydrogen (secondary N) is 1. The topological polar surface area (TPSA) is 69.6 Å². The van der Waals surface area contributed by atoms with Crippen LogP contribution in [0, 0.1) is 0 Å². The molecule has 2 atom stereocenters. The zero-order valence-corrected chi connectivity index (χ0v) is 46.3. The van der Waals surface area contributed by atoms with E-state index >= 15 is 0 Å². The molecule has 4 heteroatoms. The number of rotatable bonds is 56. The molecule has 402 valence electrons. The van der Waals surface area contributed by atoms with E-state index in [2.05, 4.69) is 92.1 Å². The van der Waals surface area contributed by atoms with Gasteiger partial charge in [0.15, 0.2) is 0 Å². The van der Waals surface area contributed by atoms with E-state index < -0.39 is 12.1 Å². The van der Waals surface area contributed by atoms with E-state index in [4.69, 9.17) is 0 Å². The molecule has 0 bridgehead atoms. The highest BCUT2D eigenvalue weighted by Crippen LogP contribution is 2.18. The average molecular weight is 963 g/mol. The van der Waals surface area contributed by atoms with Gasteiger partial charge in [-0.2, -0.15) is 0 Å². The molecule has 2 unspecified atom stereocenters. The van der Waals surface area contributed by atoms with Crippen LogP contribution in [-0.2, 0) is 4.79 Å². The summed E-state index contributed by atoms with van der Waals surface area (Å²) in [6, 6.07) is -0.537. The fourth-order valence-electron chi connectivity index (χ4n) is 9.37. The predicted molar refractivity (Wildman–Crippen MR) is 308 cm³/mol. The van der Waals surface area contributed by atoms with Crippen molar-refractivity contribution in [2.45, 2.75) is 328 Å². The van der Waals surface area contributed by atoms with E-state index in [9.17, 15) is 15.0 Å². The van der Waals surface area contributed by atoms with Gasteiger partial charge >= 0.3 is 0 Å². The van der Waals surface area contributed by atoms with E-state index in [1.54, 1.807) is 0 Å². The Morgan fingerprint density at radius 1 is 0.362 bits per heavy atom. The van der Waals surface area contributed by atoms with Gasteiger partial charge in [0, 0.05) is 6.42 Å². The summed E-state index contributed by atoms with van der Waals surface area (Å²) >= 11 is 0. The summed E-state index contributed by atoms with van der Waals surface area (Å²) in [4.78, 5) is 12.5. The largest absolute Gasteiger partial charge is 0.394 e. The molecule has 0 radical (unpaired) electrons. The molecule has 4 nitrogen and oxygen atoms in total. The summed E-state index contributed by atoms with van der Waals surface area (Å²) < 4.78 is 0. The van der Waals surface area contributed by atoms with Gasteiger partial charge in [-0.1, -0.05) is 318 Å². The number of amides is 1. The van der Waals surface area contributed by atoms with Crippen LogP contribution in [0.2, 0.25) is 0 Å². The molecule has 69 heavy (non-hydrogen) atoms. The highest BCUT2D eigenvalue weighted by molar-refractivity contribution is 5.76. The van der Waals surface area contributed by atoms with Crippen molar-refractivity contribution in [3.8, 4) is 0 Å². The lowest BCUT2D eigenvalue weighted by Crippen LogP contribution is -2.45. The van der Waals surface area contributed by atoms with Crippen LogP contribution in [0.1, 0.15) is 316 Å². The fourth-order valence-corrected chi connectivity index (χ4v) is 9.37. The van der Waals surface area contributed by atoms with E-state index in [0.29, 0.717) is 12.8 Å². The van der Waals surface area contributed by atoms with E-state index in [1.165, 1.54) is 225 Å². The van der Waals surface area contributed by atoms with Gasteiger partial charge in [0.25, 0.3) is 0 Å². The molecule has 0 saturated heterocycles. The zero-order chi connectivity index (χ0) is 49.9. The molecule has 0 aromatic heterocycles. The van der Waals surface area contributed by atoms with Gasteiger partial charge in [-0.3, -0.25) is 4.79 Å². The third-order valence-corrected chi connectivity index (χ3v) is 14.0. The van der Waals surface area contributed by atoms with Crippen LogP contribution in [0.4, 0.5) is 0 Å². The Hall–Kier alpha value is -2.17. The lowest BCUT2D eigenvalue weighted by Gasteiger charge is -2.22. The van der Waals surface area contributed by atoms with Crippen molar-refractivity contribution in [2.24, 2.45) is 0 Å². The molecular formula is C65H119NO3. The molecule has 3 N–H and O–H groups in total. The second kappa shape index (κ2) is 60.1. The minimum Gasteiger partial charge on any atom is -0.394 e. The Labute approximate surface area is 431 Å². The molecule has 0 fully saturated rings. The monoisotopic (exact) mass is 962 g/mol. The van der Waals surface area contributed by atoms with Crippen molar-refractivity contribution in [3.05, 3.63) is 72.9 Å². The number of aliphatic hydroxyl groups is 2. The molecule has 0 aliphatic rings. The first-order valence-corrected chi connectivity index (χ1v) is 30.6. The molecular weight excluding hydrogens is 843 g/mol. The Morgan fingerprint density at radius 3 is 0.957 bits per heavy atom. The van der Waals surface area contributed by atoms with Crippen molar-refractivity contribution in [2.75, 3.05) is 6.61 Å². The smallest absolute Gasteiger partial charge is 0.220 e. The predicted octanol–water partition coefficient (Wildman–Crippen LogP) is 20.5. The molecule has 0 heterocycles. The van der Waals surface area contributed by atoms with Crippen molar-refractivity contribution < 1.29 is 15.0 Å². The van der Waals surface area contributed by atoms with Crippen molar-refractivity contribution in [3.63, 3.8) is 0 Å². The van der Waals surface area contributed by atoms with Crippen LogP contribution in [0.25, 0.3) is 0 Å². The number of allylic oxidation sites excluding steroid dienone is 12. The number of hydrogen-bond acceptors (Lipinski definition) is 3. The van der Waals surface area contributed by atoms with Gasteiger partial charge < -0.3 is 15.5 Å². The second-order valence-electron chi connectivity index (χ2n) is 20.7. The fraction of sp³-hybridized carbons (Fsp3) is 0.800. The Kier molecular flexibility index (Phi) is 58.2. The summed E-state index contributed by atoms with van der Waals surface area (Å²) in [6.45, 7) is 4.27. The molecule has 0 aliphatic heterocycles. The first-order valence-electron chi connectivity index (χ1n) is 30.6. The lowest BCUT2D eigenvalue weighted by molar-refractivity contribution is -0.123. The Balaban J connectivity index is 3.43. The molecule has 0 aliphatic carbocycles. The van der Waals surface area contributed by atoms with Crippen molar-refractivity contribution in [1.29, 1.82) is 0 Å². The van der Waals surface area contributed by atoms with Crippen LogP contribution < -0.4 is 5.32 Å². The van der Waals surface area contributed by atoms with E-state index in [0.717, 1.165) is 64.2 Å². The van der Waals surface area contributed by atoms with Gasteiger partial charge in [0.05, 0.1) is 18.8 Å². The number of aliphatic hydroxyl groups excluding tert-OH is 2. The number of carbonyl (C=O) groups excluding carboxylic acids is 1. The number of carbonyl (C=O) groups is 1. The number of unbranched alkanes of at least 4 members (excludes halogenated alkanes) is 37. The second-order valence-corrected chi connectivity index (χ2v) is 20.7. The number of hydrogen-bond donors (Lipinski definition) is 3. The standard InChI is InChI=1S/C65H119NO3/c1-3-5-7-9-11-13-15-17-19-21-23-24-25-26-27-28-29-30-31-32-33-34-35-36-37-38-39-40-41-42-43-45-47-49-51-53-55-57-59-61-65(69)66-63(62-67)64(68)60-58-56-54-52-50-48-46-44-22-20-18-16-14-12-10-8-6-4-2/h5,7,11,13,17,19,23-24,26-27,29-30,63-64,67-68H,3-4,6,8-10,12,14-16,18,20-22,25,28,31-62H2,1-2H3,(H,66,69)/b7-5-,13-11-,19-17-,24-23-,27-26-,30-29-. The zero-order valence-electron chi connectivity index (χ0n) is 46.3. The van der Waals surface area contributed by atoms with Gasteiger partial charge in [-0.15, -0.1) is 0 Å². The van der Waals surface area contributed by atoms with Gasteiger partial charge in [-0.05, 0) is 64.2 Å². The van der Waals surface area contributed by atoms with Crippen molar-refractivity contribution >= 4 is 5.91 Å². The molecule has 0 aromatic carbocycles. The molecule has 0 aromatic rings. The van der Waals surface area contributed by atoms with Crippen LogP contribution in [0.15, 0.2) is 72.9 Å². The van der Waals surface area contributed by atoms with Crippen LogP contribution in [0.5, 0.6) is 0 Å².